The van der Waals surface area contributed by atoms with Crippen molar-refractivity contribution in [1.82, 2.24) is 20.5 Å². The number of anilines is 1. The number of nitrogens with zero attached hydrogens (tertiary/aromatic N) is 4. The maximum Gasteiger partial charge on any atom is 0.192 e. The van der Waals surface area contributed by atoms with Crippen LogP contribution in [0.25, 0.3) is 22.4 Å². The van der Waals surface area contributed by atoms with Crippen molar-refractivity contribution in [3.8, 4) is 17.1 Å². The van der Waals surface area contributed by atoms with E-state index in [1.165, 1.54) is 30.7 Å². The molecule has 4 heterocycles. The Bertz CT molecular complexity index is 1140. The van der Waals surface area contributed by atoms with Crippen LogP contribution in [0.2, 0.25) is 0 Å². The molecular formula is C21H22FN5O3. The average molecular weight is 411 g/mol. The number of phenolic OH excluding ortho intramolecular Hbond substituents is 1. The lowest BCUT2D eigenvalue weighted by molar-refractivity contribution is 0.107. The van der Waals surface area contributed by atoms with Crippen molar-refractivity contribution >= 4 is 16.8 Å². The van der Waals surface area contributed by atoms with Gasteiger partial charge in [-0.3, -0.25) is 4.79 Å². The van der Waals surface area contributed by atoms with E-state index in [9.17, 15) is 14.3 Å². The first kappa shape index (κ1) is 18.9. The minimum atomic E-state index is -0.989. The Morgan fingerprint density at radius 2 is 2.17 bits per heavy atom. The highest BCUT2D eigenvalue weighted by molar-refractivity contribution is 5.85. The molecule has 2 fully saturated rings. The van der Waals surface area contributed by atoms with Crippen LogP contribution in [0.1, 0.15) is 25.7 Å². The molecule has 0 amide bonds. The monoisotopic (exact) mass is 411 g/mol. The van der Waals surface area contributed by atoms with Crippen molar-refractivity contribution < 1.29 is 13.9 Å². The van der Waals surface area contributed by atoms with E-state index in [0.29, 0.717) is 23.7 Å². The summed E-state index contributed by atoms with van der Waals surface area (Å²) in [6.07, 6.45) is 5.48. The molecule has 3 aromatic rings. The standard InChI is InChI=1S/C21H22FN5O3/c1-27(15-7-11-3-2-4-14(24-11)20(15)22)19-10-23-21(26-25-19)13-8-12-16(28)5-6-30-18(12)9-17(13)29/h5-6,8-11,14-15,20,24,29H,2-4,7H2,1H3/t11?,14?,15-,20+/m1/s1. The van der Waals surface area contributed by atoms with Crippen LogP contribution < -0.4 is 15.6 Å². The quantitative estimate of drug-likeness (QED) is 0.677. The SMILES string of the molecule is CN(c1cnc(-c2cc3c(=O)ccoc3cc2O)nn1)[C@@H]1CC2CCCC(N2)[C@@H]1F. The number of aromatic hydroxyl groups is 1. The van der Waals surface area contributed by atoms with E-state index in [4.69, 9.17) is 4.42 Å². The molecule has 156 valence electrons. The Morgan fingerprint density at radius 3 is 2.97 bits per heavy atom. The fourth-order valence-electron chi connectivity index (χ4n) is 4.57. The van der Waals surface area contributed by atoms with Crippen molar-refractivity contribution in [3.05, 3.63) is 40.9 Å². The molecule has 4 atom stereocenters. The number of aromatic nitrogens is 3. The maximum atomic E-state index is 15.0. The van der Waals surface area contributed by atoms with Crippen molar-refractivity contribution in [3.63, 3.8) is 0 Å². The Balaban J connectivity index is 1.43. The number of fused-ring (bicyclic) bond motifs is 3. The van der Waals surface area contributed by atoms with Gasteiger partial charge in [-0.25, -0.2) is 9.37 Å². The zero-order chi connectivity index (χ0) is 20.8. The Hall–Kier alpha value is -3.07. The molecule has 1 aromatic carbocycles. The normalized spacial score (nSPS) is 25.9. The highest BCUT2D eigenvalue weighted by Crippen LogP contribution is 2.33. The van der Waals surface area contributed by atoms with Gasteiger partial charge in [0, 0.05) is 31.3 Å². The third kappa shape index (κ3) is 3.19. The van der Waals surface area contributed by atoms with Gasteiger partial charge in [0.1, 0.15) is 17.5 Å². The zero-order valence-electron chi connectivity index (χ0n) is 16.5. The molecule has 5 rings (SSSR count). The number of rotatable bonds is 3. The van der Waals surface area contributed by atoms with Crippen molar-refractivity contribution in [2.45, 2.75) is 50.0 Å². The molecular weight excluding hydrogens is 389 g/mol. The van der Waals surface area contributed by atoms with E-state index in [1.54, 1.807) is 4.90 Å². The second kappa shape index (κ2) is 7.32. The minimum absolute atomic E-state index is 0.116. The molecule has 8 nitrogen and oxygen atoms in total. The summed E-state index contributed by atoms with van der Waals surface area (Å²) in [6.45, 7) is 0. The topological polar surface area (TPSA) is 104 Å². The van der Waals surface area contributed by atoms with Crippen molar-refractivity contribution in [2.24, 2.45) is 0 Å². The number of phenols is 1. The van der Waals surface area contributed by atoms with Gasteiger partial charge < -0.3 is 19.7 Å². The highest BCUT2D eigenvalue weighted by atomic mass is 19.1. The smallest absolute Gasteiger partial charge is 0.192 e. The lowest BCUT2D eigenvalue weighted by Gasteiger charge is -2.45. The summed E-state index contributed by atoms with van der Waals surface area (Å²) in [5.74, 6) is 0.523. The van der Waals surface area contributed by atoms with Gasteiger partial charge in [0.05, 0.1) is 29.5 Å². The summed E-state index contributed by atoms with van der Waals surface area (Å²) in [5, 5.41) is 22.4. The van der Waals surface area contributed by atoms with E-state index < -0.39 is 6.17 Å². The van der Waals surface area contributed by atoms with Gasteiger partial charge in [-0.2, -0.15) is 0 Å². The predicted octanol–water partition coefficient (Wildman–Crippen LogP) is 2.41. The van der Waals surface area contributed by atoms with Gasteiger partial charge in [0.25, 0.3) is 0 Å². The van der Waals surface area contributed by atoms with Crippen molar-refractivity contribution in [2.75, 3.05) is 11.9 Å². The number of benzene rings is 1. The summed E-state index contributed by atoms with van der Waals surface area (Å²) in [5.41, 5.74) is 0.327. The van der Waals surface area contributed by atoms with Gasteiger partial charge in [-0.1, -0.05) is 6.42 Å². The molecule has 2 unspecified atom stereocenters. The van der Waals surface area contributed by atoms with E-state index in [2.05, 4.69) is 20.5 Å². The fourth-order valence-corrected chi connectivity index (χ4v) is 4.57. The highest BCUT2D eigenvalue weighted by Gasteiger charge is 2.42. The molecule has 0 radical (unpaired) electrons. The van der Waals surface area contributed by atoms with Gasteiger partial charge in [-0.15, -0.1) is 10.2 Å². The van der Waals surface area contributed by atoms with Gasteiger partial charge in [-0.05, 0) is 25.3 Å². The van der Waals surface area contributed by atoms with Crippen LogP contribution in [-0.2, 0) is 0 Å². The summed E-state index contributed by atoms with van der Waals surface area (Å²) in [6, 6.07) is 4.07. The second-order valence-electron chi connectivity index (χ2n) is 8.05. The Labute approximate surface area is 171 Å². The van der Waals surface area contributed by atoms with Crippen LogP contribution in [0.15, 0.2) is 39.9 Å². The molecule has 2 aliphatic rings. The van der Waals surface area contributed by atoms with E-state index in [1.807, 2.05) is 7.05 Å². The first-order valence-electron chi connectivity index (χ1n) is 10.1. The summed E-state index contributed by atoms with van der Waals surface area (Å²) >= 11 is 0. The lowest BCUT2D eigenvalue weighted by Crippen LogP contribution is -2.61. The molecule has 2 aliphatic heterocycles. The molecule has 0 saturated carbocycles. The van der Waals surface area contributed by atoms with Crippen LogP contribution in [0.3, 0.4) is 0 Å². The predicted molar refractivity (Wildman–Crippen MR) is 109 cm³/mol. The molecule has 2 saturated heterocycles. The Morgan fingerprint density at radius 1 is 1.30 bits per heavy atom. The molecule has 9 heteroatoms. The summed E-state index contributed by atoms with van der Waals surface area (Å²) in [7, 11) is 1.81. The van der Waals surface area contributed by atoms with E-state index in [0.717, 1.165) is 19.3 Å². The summed E-state index contributed by atoms with van der Waals surface area (Å²) < 4.78 is 20.3. The zero-order valence-corrected chi connectivity index (χ0v) is 16.5. The van der Waals surface area contributed by atoms with Crippen LogP contribution in [0.4, 0.5) is 10.2 Å². The van der Waals surface area contributed by atoms with Crippen LogP contribution >= 0.6 is 0 Å². The average Bonchev–Trinajstić information content (AvgIpc) is 2.76. The van der Waals surface area contributed by atoms with Gasteiger partial charge in [0.2, 0.25) is 0 Å². The van der Waals surface area contributed by atoms with Crippen LogP contribution in [-0.4, -0.2) is 51.6 Å². The minimum Gasteiger partial charge on any atom is -0.507 e. The maximum absolute atomic E-state index is 15.0. The first-order chi connectivity index (χ1) is 14.5. The van der Waals surface area contributed by atoms with Crippen LogP contribution in [0.5, 0.6) is 5.75 Å². The lowest BCUT2D eigenvalue weighted by atomic mass is 9.82. The molecule has 2 bridgehead atoms. The molecule has 0 aliphatic carbocycles. The Kier molecular flexibility index (Phi) is 4.62. The van der Waals surface area contributed by atoms with E-state index in [-0.39, 0.29) is 40.2 Å². The van der Waals surface area contributed by atoms with Gasteiger partial charge in [0.15, 0.2) is 17.1 Å². The second-order valence-corrected chi connectivity index (χ2v) is 8.05. The number of nitrogens with one attached hydrogen (secondary N) is 1. The number of hydrogen-bond acceptors (Lipinski definition) is 8. The number of halogens is 1. The summed E-state index contributed by atoms with van der Waals surface area (Å²) in [4.78, 5) is 18.2. The third-order valence-electron chi connectivity index (χ3n) is 6.22. The van der Waals surface area contributed by atoms with Crippen LogP contribution in [0, 0.1) is 0 Å². The number of alkyl halides is 1. The molecule has 0 spiro atoms. The number of piperidine rings is 2. The first-order valence-corrected chi connectivity index (χ1v) is 10.1. The van der Waals surface area contributed by atoms with E-state index >= 15 is 0 Å². The molecule has 2 N–H and O–H groups in total. The largest absolute Gasteiger partial charge is 0.507 e. The molecule has 2 aromatic heterocycles. The van der Waals surface area contributed by atoms with Gasteiger partial charge >= 0.3 is 0 Å². The van der Waals surface area contributed by atoms with Crippen molar-refractivity contribution in [1.29, 1.82) is 0 Å². The fraction of sp³-hybridized carbons (Fsp3) is 0.429. The number of hydrogen-bond donors (Lipinski definition) is 2. The molecule has 30 heavy (non-hydrogen) atoms. The third-order valence-corrected chi connectivity index (χ3v) is 6.22.